The molecule has 3 aromatic rings. The van der Waals surface area contributed by atoms with E-state index < -0.39 is 24.0 Å². The first-order chi connectivity index (χ1) is 16.5. The summed E-state index contributed by atoms with van der Waals surface area (Å²) in [5, 5.41) is 13.1. The Morgan fingerprint density at radius 3 is 2.41 bits per heavy atom. The standard InChI is InChI=1S/C26H24ClN3O4/c1-34-26(32)22-15-14-21(18-10-5-6-13-20(18)27)30(22)25(31)23-17(16-8-3-2-4-9-16)11-7-12-19(23)24(28)29-33/h2-13,21-22,33H,14-15H2,1H3,(H2,28,29)/t21-,22+/m1/s1. The summed E-state index contributed by atoms with van der Waals surface area (Å²) in [4.78, 5) is 28.5. The maximum atomic E-state index is 14.3. The topological polar surface area (TPSA) is 105 Å². The third-order valence-electron chi connectivity index (χ3n) is 6.10. The number of nitrogens with two attached hydrogens (primary N) is 1. The van der Waals surface area contributed by atoms with Crippen LogP contribution in [-0.4, -0.2) is 41.0 Å². The molecule has 0 radical (unpaired) electrons. The van der Waals surface area contributed by atoms with E-state index >= 15 is 0 Å². The molecule has 0 bridgehead atoms. The van der Waals surface area contributed by atoms with Crippen LogP contribution >= 0.6 is 11.6 Å². The second kappa shape index (κ2) is 9.97. The fraction of sp³-hybridized carbons (Fsp3) is 0.192. The van der Waals surface area contributed by atoms with Crippen molar-refractivity contribution in [2.24, 2.45) is 10.9 Å². The summed E-state index contributed by atoms with van der Waals surface area (Å²) in [7, 11) is 1.30. The molecule has 1 fully saturated rings. The Kier molecular flexibility index (Phi) is 6.84. The van der Waals surface area contributed by atoms with Gasteiger partial charge in [0.2, 0.25) is 0 Å². The van der Waals surface area contributed by atoms with Crippen molar-refractivity contribution in [1.29, 1.82) is 0 Å². The number of rotatable bonds is 5. The normalized spacial score (nSPS) is 18.1. The van der Waals surface area contributed by atoms with Crippen LogP contribution in [0.15, 0.2) is 78.0 Å². The predicted molar refractivity (Wildman–Crippen MR) is 130 cm³/mol. The van der Waals surface area contributed by atoms with Gasteiger partial charge < -0.3 is 20.6 Å². The van der Waals surface area contributed by atoms with E-state index in [1.807, 2.05) is 48.5 Å². The van der Waals surface area contributed by atoms with Crippen molar-refractivity contribution >= 4 is 29.3 Å². The van der Waals surface area contributed by atoms with Gasteiger partial charge in [-0.2, -0.15) is 0 Å². The molecule has 34 heavy (non-hydrogen) atoms. The highest BCUT2D eigenvalue weighted by atomic mass is 35.5. The molecule has 0 aliphatic carbocycles. The maximum Gasteiger partial charge on any atom is 0.328 e. The minimum atomic E-state index is -0.803. The van der Waals surface area contributed by atoms with Crippen LogP contribution in [0.3, 0.4) is 0 Å². The molecule has 0 unspecified atom stereocenters. The van der Waals surface area contributed by atoms with E-state index in [-0.39, 0.29) is 17.0 Å². The molecule has 3 aromatic carbocycles. The van der Waals surface area contributed by atoms with Crippen molar-refractivity contribution < 1.29 is 19.5 Å². The number of methoxy groups -OCH3 is 1. The number of hydrogen-bond donors (Lipinski definition) is 2. The second-order valence-corrected chi connectivity index (χ2v) is 8.35. The molecule has 1 heterocycles. The lowest BCUT2D eigenvalue weighted by Crippen LogP contribution is -2.43. The van der Waals surface area contributed by atoms with E-state index in [1.54, 1.807) is 24.3 Å². The number of amides is 1. The van der Waals surface area contributed by atoms with Gasteiger partial charge in [0.1, 0.15) is 6.04 Å². The van der Waals surface area contributed by atoms with E-state index in [4.69, 9.17) is 22.1 Å². The Bertz CT molecular complexity index is 1250. The van der Waals surface area contributed by atoms with E-state index in [0.29, 0.717) is 23.4 Å². The zero-order chi connectivity index (χ0) is 24.2. The van der Waals surface area contributed by atoms with Gasteiger partial charge in [-0.3, -0.25) is 4.79 Å². The number of hydrogen-bond acceptors (Lipinski definition) is 5. The van der Waals surface area contributed by atoms with E-state index in [1.165, 1.54) is 12.0 Å². The molecule has 0 saturated carbocycles. The van der Waals surface area contributed by atoms with Gasteiger partial charge in [0.15, 0.2) is 5.84 Å². The van der Waals surface area contributed by atoms with Gasteiger partial charge in [0.25, 0.3) is 5.91 Å². The third-order valence-corrected chi connectivity index (χ3v) is 6.45. The lowest BCUT2D eigenvalue weighted by Gasteiger charge is -2.31. The fourth-order valence-electron chi connectivity index (χ4n) is 4.55. The number of benzene rings is 3. The van der Waals surface area contributed by atoms with E-state index in [0.717, 1.165) is 11.1 Å². The largest absolute Gasteiger partial charge is 0.467 e. The van der Waals surface area contributed by atoms with Crippen molar-refractivity contribution in [3.05, 3.63) is 94.5 Å². The van der Waals surface area contributed by atoms with E-state index in [9.17, 15) is 14.8 Å². The number of carbonyl (C=O) groups excluding carboxylic acids is 2. The molecule has 1 aliphatic rings. The number of esters is 1. The summed E-state index contributed by atoms with van der Waals surface area (Å²) in [6, 6.07) is 20.5. The molecule has 7 nitrogen and oxygen atoms in total. The summed E-state index contributed by atoms with van der Waals surface area (Å²) in [5.74, 6) is -1.14. The molecule has 174 valence electrons. The fourth-order valence-corrected chi connectivity index (χ4v) is 4.81. The second-order valence-electron chi connectivity index (χ2n) is 7.95. The van der Waals surface area contributed by atoms with Crippen molar-refractivity contribution in [3.63, 3.8) is 0 Å². The quantitative estimate of drug-likeness (QED) is 0.183. The molecule has 1 amide bonds. The third kappa shape index (κ3) is 4.22. The zero-order valence-corrected chi connectivity index (χ0v) is 19.3. The number of carbonyl (C=O) groups is 2. The molecule has 1 aliphatic heterocycles. The smallest absolute Gasteiger partial charge is 0.328 e. The molecule has 8 heteroatoms. The minimum absolute atomic E-state index is 0.204. The van der Waals surface area contributed by atoms with Gasteiger partial charge in [-0.15, -0.1) is 0 Å². The molecule has 2 atom stereocenters. The Morgan fingerprint density at radius 2 is 1.74 bits per heavy atom. The predicted octanol–water partition coefficient (Wildman–Crippen LogP) is 4.62. The molecule has 4 rings (SSSR count). The van der Waals surface area contributed by atoms with Crippen LogP contribution in [0.4, 0.5) is 0 Å². The Balaban J connectivity index is 1.92. The zero-order valence-electron chi connectivity index (χ0n) is 18.5. The Morgan fingerprint density at radius 1 is 1.03 bits per heavy atom. The Labute approximate surface area is 202 Å². The monoisotopic (exact) mass is 477 g/mol. The molecular formula is C26H24ClN3O4. The average Bonchev–Trinajstić information content (AvgIpc) is 3.32. The van der Waals surface area contributed by atoms with Crippen LogP contribution in [0, 0.1) is 0 Å². The van der Waals surface area contributed by atoms with Crippen LogP contribution in [0.5, 0.6) is 0 Å². The molecule has 1 saturated heterocycles. The van der Waals surface area contributed by atoms with Gasteiger partial charge >= 0.3 is 5.97 Å². The Hall–Kier alpha value is -3.84. The molecular weight excluding hydrogens is 454 g/mol. The number of halogens is 1. The number of ether oxygens (including phenoxy) is 1. The van der Waals surface area contributed by atoms with Gasteiger partial charge in [-0.25, -0.2) is 4.79 Å². The number of likely N-dealkylation sites (tertiary alicyclic amines) is 1. The van der Waals surface area contributed by atoms with Crippen LogP contribution in [0.1, 0.15) is 40.4 Å². The maximum absolute atomic E-state index is 14.3. The van der Waals surface area contributed by atoms with Crippen LogP contribution in [0.25, 0.3) is 11.1 Å². The van der Waals surface area contributed by atoms with Crippen LogP contribution in [-0.2, 0) is 9.53 Å². The lowest BCUT2D eigenvalue weighted by atomic mass is 9.93. The van der Waals surface area contributed by atoms with Gasteiger partial charge in [-0.1, -0.05) is 83.5 Å². The van der Waals surface area contributed by atoms with Crippen LogP contribution < -0.4 is 5.73 Å². The highest BCUT2D eigenvalue weighted by Crippen LogP contribution is 2.41. The van der Waals surface area contributed by atoms with Gasteiger partial charge in [0.05, 0.1) is 18.7 Å². The average molecular weight is 478 g/mol. The van der Waals surface area contributed by atoms with Crippen molar-refractivity contribution in [2.75, 3.05) is 7.11 Å². The first-order valence-electron chi connectivity index (χ1n) is 10.8. The summed E-state index contributed by atoms with van der Waals surface area (Å²) in [6.07, 6.45) is 0.947. The molecule has 3 N–H and O–H groups in total. The summed E-state index contributed by atoms with van der Waals surface area (Å²) < 4.78 is 5.02. The number of amidine groups is 1. The lowest BCUT2D eigenvalue weighted by molar-refractivity contribution is -0.145. The van der Waals surface area contributed by atoms with Crippen LogP contribution in [0.2, 0.25) is 5.02 Å². The SMILES string of the molecule is COC(=O)[C@@H]1CC[C@H](c2ccccc2Cl)N1C(=O)c1c(C(N)=NO)cccc1-c1ccccc1. The summed E-state index contributed by atoms with van der Waals surface area (Å²) in [6.45, 7) is 0. The summed E-state index contributed by atoms with van der Waals surface area (Å²) >= 11 is 6.49. The first kappa shape index (κ1) is 23.3. The van der Waals surface area contributed by atoms with Gasteiger partial charge in [-0.05, 0) is 35.6 Å². The molecule has 0 spiro atoms. The molecule has 0 aromatic heterocycles. The highest BCUT2D eigenvalue weighted by molar-refractivity contribution is 6.31. The number of oxime groups is 1. The minimum Gasteiger partial charge on any atom is -0.467 e. The summed E-state index contributed by atoms with van der Waals surface area (Å²) in [5.41, 5.74) is 8.61. The van der Waals surface area contributed by atoms with Gasteiger partial charge in [0, 0.05) is 10.6 Å². The van der Waals surface area contributed by atoms with E-state index in [2.05, 4.69) is 5.16 Å². The van der Waals surface area contributed by atoms with Crippen molar-refractivity contribution in [1.82, 2.24) is 4.90 Å². The van der Waals surface area contributed by atoms with Crippen molar-refractivity contribution in [2.45, 2.75) is 24.9 Å². The first-order valence-corrected chi connectivity index (χ1v) is 11.2. The highest BCUT2D eigenvalue weighted by Gasteiger charge is 2.44. The number of nitrogens with zero attached hydrogens (tertiary/aromatic N) is 2. The van der Waals surface area contributed by atoms with Crippen molar-refractivity contribution in [3.8, 4) is 11.1 Å².